The molecule has 1 aliphatic rings. The molecule has 0 bridgehead atoms. The largest absolute Gasteiger partial charge is 0.490 e. The number of hydrogen-bond donors (Lipinski definition) is 2. The fourth-order valence-corrected chi connectivity index (χ4v) is 3.47. The van der Waals surface area contributed by atoms with Gasteiger partial charge in [0.15, 0.2) is 6.29 Å². The second-order valence-electron chi connectivity index (χ2n) is 8.37. The molecule has 34 heavy (non-hydrogen) atoms. The summed E-state index contributed by atoms with van der Waals surface area (Å²) >= 11 is 0. The van der Waals surface area contributed by atoms with Crippen molar-refractivity contribution in [2.24, 2.45) is 0 Å². The average Bonchev–Trinajstić information content (AvgIpc) is 2.72. The van der Waals surface area contributed by atoms with Gasteiger partial charge in [0.2, 0.25) is 0 Å². The molecule has 2 aromatic rings. The summed E-state index contributed by atoms with van der Waals surface area (Å²) < 4.78 is 59.5. The van der Waals surface area contributed by atoms with Crippen LogP contribution in [0.2, 0.25) is 0 Å². The Bertz CT molecular complexity index is 1040. The topological polar surface area (TPSA) is 73.9 Å². The number of urea groups is 2. The first-order valence-corrected chi connectivity index (χ1v) is 10.7. The predicted octanol–water partition coefficient (Wildman–Crippen LogP) is 5.38. The lowest BCUT2D eigenvalue weighted by Gasteiger charge is -2.42. The van der Waals surface area contributed by atoms with Gasteiger partial charge in [0, 0.05) is 11.7 Å². The molecule has 2 aromatic carbocycles. The molecule has 1 heterocycles. The van der Waals surface area contributed by atoms with Crippen molar-refractivity contribution in [3.8, 4) is 5.75 Å². The van der Waals surface area contributed by atoms with Gasteiger partial charge in [-0.2, -0.15) is 13.2 Å². The zero-order valence-corrected chi connectivity index (χ0v) is 19.1. The third kappa shape index (κ3) is 5.70. The number of amides is 4. The monoisotopic (exact) mass is 482 g/mol. The van der Waals surface area contributed by atoms with E-state index in [2.05, 4.69) is 10.6 Å². The molecule has 1 saturated heterocycles. The van der Waals surface area contributed by atoms with Crippen molar-refractivity contribution in [1.82, 2.24) is 15.1 Å². The highest BCUT2D eigenvalue weighted by atomic mass is 19.4. The van der Waals surface area contributed by atoms with Crippen molar-refractivity contribution in [1.29, 1.82) is 0 Å². The minimum absolute atomic E-state index is 0.0173. The SMILES string of the molecule is CC(C)Oc1ccc(NC2NC(=O)N(C(C)C)C(=O)N2Cc2ccc(F)cc2)cc1C(F)(F)F. The number of rotatable bonds is 7. The van der Waals surface area contributed by atoms with Crippen LogP contribution in [0.25, 0.3) is 0 Å². The number of nitrogens with zero attached hydrogens (tertiary/aromatic N) is 2. The first kappa shape index (κ1) is 25.1. The number of alkyl halides is 3. The molecule has 0 aliphatic carbocycles. The Balaban J connectivity index is 1.94. The lowest BCUT2D eigenvalue weighted by molar-refractivity contribution is -0.139. The zero-order chi connectivity index (χ0) is 25.2. The van der Waals surface area contributed by atoms with E-state index in [1.54, 1.807) is 27.7 Å². The van der Waals surface area contributed by atoms with Gasteiger partial charge in [-0.3, -0.25) is 10.2 Å². The number of carbonyl (C=O) groups is 2. The number of imide groups is 1. The Morgan fingerprint density at radius 3 is 2.26 bits per heavy atom. The van der Waals surface area contributed by atoms with Crippen LogP contribution in [0.4, 0.5) is 32.8 Å². The summed E-state index contributed by atoms with van der Waals surface area (Å²) in [6.07, 6.45) is -6.31. The molecule has 3 rings (SSSR count). The number of carbonyl (C=O) groups excluding carboxylic acids is 2. The summed E-state index contributed by atoms with van der Waals surface area (Å²) in [6.45, 7) is 6.52. The Morgan fingerprint density at radius 1 is 1.06 bits per heavy atom. The van der Waals surface area contributed by atoms with E-state index < -0.39 is 48.1 Å². The van der Waals surface area contributed by atoms with Gasteiger partial charge < -0.3 is 10.1 Å². The summed E-state index contributed by atoms with van der Waals surface area (Å²) in [6, 6.07) is 7.04. The third-order valence-electron chi connectivity index (χ3n) is 4.98. The van der Waals surface area contributed by atoms with Crippen LogP contribution in [0.15, 0.2) is 42.5 Å². The zero-order valence-electron chi connectivity index (χ0n) is 19.1. The lowest BCUT2D eigenvalue weighted by atomic mass is 10.1. The van der Waals surface area contributed by atoms with Crippen LogP contribution in [-0.2, 0) is 12.7 Å². The fourth-order valence-electron chi connectivity index (χ4n) is 3.47. The molecular weight excluding hydrogens is 456 g/mol. The van der Waals surface area contributed by atoms with E-state index in [9.17, 15) is 27.2 Å². The van der Waals surface area contributed by atoms with Crippen molar-refractivity contribution >= 4 is 17.7 Å². The molecule has 0 spiro atoms. The van der Waals surface area contributed by atoms with Crippen molar-refractivity contribution in [3.63, 3.8) is 0 Å². The third-order valence-corrected chi connectivity index (χ3v) is 4.98. The van der Waals surface area contributed by atoms with Gasteiger partial charge in [-0.15, -0.1) is 0 Å². The number of nitrogens with one attached hydrogen (secondary N) is 2. The normalized spacial score (nSPS) is 16.8. The van der Waals surface area contributed by atoms with Crippen molar-refractivity contribution in [2.75, 3.05) is 5.32 Å². The van der Waals surface area contributed by atoms with Crippen molar-refractivity contribution in [2.45, 2.75) is 58.9 Å². The Labute approximate surface area is 194 Å². The minimum atomic E-state index is -4.68. The molecule has 1 unspecified atom stereocenters. The van der Waals surface area contributed by atoms with Crippen LogP contribution >= 0.6 is 0 Å². The Hall–Kier alpha value is -3.50. The van der Waals surface area contributed by atoms with Crippen LogP contribution < -0.4 is 15.4 Å². The second-order valence-corrected chi connectivity index (χ2v) is 8.37. The first-order valence-electron chi connectivity index (χ1n) is 10.7. The highest BCUT2D eigenvalue weighted by Crippen LogP contribution is 2.38. The molecule has 1 aliphatic heterocycles. The highest BCUT2D eigenvalue weighted by Gasteiger charge is 2.40. The molecule has 0 saturated carbocycles. The molecule has 0 aromatic heterocycles. The molecular formula is C23H26F4N4O3. The number of hydrogen-bond acceptors (Lipinski definition) is 4. The molecule has 2 N–H and O–H groups in total. The van der Waals surface area contributed by atoms with E-state index in [1.807, 2.05) is 0 Å². The molecule has 4 amide bonds. The summed E-state index contributed by atoms with van der Waals surface area (Å²) in [5.41, 5.74) is -0.407. The van der Waals surface area contributed by atoms with Crippen LogP contribution in [-0.4, -0.2) is 40.3 Å². The standard InChI is InChI=1S/C23H26F4N4O3/c1-13(2)31-21(32)29-20(30(22(31)33)12-15-5-7-16(24)8-6-15)28-17-9-10-19(34-14(3)4)18(11-17)23(25,26)27/h5-11,13-14,20,28H,12H2,1-4H3,(H,29,32). The average molecular weight is 482 g/mol. The van der Waals surface area contributed by atoms with E-state index in [-0.39, 0.29) is 18.0 Å². The van der Waals surface area contributed by atoms with E-state index in [0.717, 1.165) is 11.0 Å². The maximum atomic E-state index is 13.6. The molecule has 1 atom stereocenters. The predicted molar refractivity (Wildman–Crippen MR) is 117 cm³/mol. The van der Waals surface area contributed by atoms with Crippen LogP contribution in [0, 0.1) is 5.82 Å². The highest BCUT2D eigenvalue weighted by molar-refractivity contribution is 5.96. The fraction of sp³-hybridized carbons (Fsp3) is 0.391. The van der Waals surface area contributed by atoms with Crippen molar-refractivity contribution in [3.05, 3.63) is 59.4 Å². The van der Waals surface area contributed by atoms with Crippen LogP contribution in [0.3, 0.4) is 0 Å². The smallest absolute Gasteiger partial charge is 0.420 e. The molecule has 11 heteroatoms. The van der Waals surface area contributed by atoms with Crippen LogP contribution in [0.5, 0.6) is 5.75 Å². The maximum Gasteiger partial charge on any atom is 0.420 e. The van der Waals surface area contributed by atoms with Crippen molar-refractivity contribution < 1.29 is 31.9 Å². The maximum absolute atomic E-state index is 13.6. The van der Waals surface area contributed by atoms with Gasteiger partial charge in [0.05, 0.1) is 18.2 Å². The summed E-state index contributed by atoms with van der Waals surface area (Å²) in [7, 11) is 0. The summed E-state index contributed by atoms with van der Waals surface area (Å²) in [5.74, 6) is -0.783. The first-order chi connectivity index (χ1) is 15.9. The Morgan fingerprint density at radius 2 is 1.71 bits per heavy atom. The number of anilines is 1. The Kier molecular flexibility index (Phi) is 7.23. The lowest BCUT2D eigenvalue weighted by Crippen LogP contribution is -2.68. The van der Waals surface area contributed by atoms with Crippen LogP contribution in [0.1, 0.15) is 38.8 Å². The summed E-state index contributed by atoms with van der Waals surface area (Å²) in [5, 5.41) is 5.40. The number of halogens is 4. The molecule has 0 radical (unpaired) electrons. The minimum Gasteiger partial charge on any atom is -0.490 e. The van der Waals surface area contributed by atoms with Gasteiger partial charge in [0.1, 0.15) is 11.6 Å². The van der Waals surface area contributed by atoms with Gasteiger partial charge in [-0.1, -0.05) is 12.1 Å². The van der Waals surface area contributed by atoms with Gasteiger partial charge in [0.25, 0.3) is 0 Å². The van der Waals surface area contributed by atoms with E-state index in [4.69, 9.17) is 4.74 Å². The number of ether oxygens (including phenoxy) is 1. The van der Waals surface area contributed by atoms with Gasteiger partial charge in [-0.05, 0) is 63.6 Å². The van der Waals surface area contributed by atoms with Gasteiger partial charge >= 0.3 is 18.2 Å². The van der Waals surface area contributed by atoms with E-state index in [1.165, 1.54) is 41.3 Å². The van der Waals surface area contributed by atoms with E-state index in [0.29, 0.717) is 5.56 Å². The van der Waals surface area contributed by atoms with E-state index >= 15 is 0 Å². The number of benzene rings is 2. The quantitative estimate of drug-likeness (QED) is 0.520. The second kappa shape index (κ2) is 9.78. The molecule has 7 nitrogen and oxygen atoms in total. The molecule has 1 fully saturated rings. The molecule has 184 valence electrons. The summed E-state index contributed by atoms with van der Waals surface area (Å²) in [4.78, 5) is 27.9. The van der Waals surface area contributed by atoms with Gasteiger partial charge in [-0.25, -0.2) is 18.9 Å².